The SMILES string of the molecule is CC/C(=C\c1cccc(O)c1)CC[C@@H](O)C1=C(C(C)C)C[C@H]2C(=O)N(C(=O)OC)C(=O)[C@H]2[C@H]1CO. The zero-order chi connectivity index (χ0) is 25.9. The summed E-state index contributed by atoms with van der Waals surface area (Å²) in [5.74, 6) is -3.56. The molecule has 1 aromatic carbocycles. The van der Waals surface area contributed by atoms with E-state index in [0.29, 0.717) is 23.3 Å². The lowest BCUT2D eigenvalue weighted by molar-refractivity contribution is -0.137. The molecular formula is C27H35NO7. The summed E-state index contributed by atoms with van der Waals surface area (Å²) in [6.07, 6.45) is 2.01. The lowest BCUT2D eigenvalue weighted by Gasteiger charge is -2.38. The summed E-state index contributed by atoms with van der Waals surface area (Å²) >= 11 is 0. The number of rotatable bonds is 8. The first-order valence-electron chi connectivity index (χ1n) is 12.1. The number of phenols is 1. The van der Waals surface area contributed by atoms with Gasteiger partial charge in [0, 0.05) is 5.92 Å². The predicted molar refractivity (Wildman–Crippen MR) is 130 cm³/mol. The maximum absolute atomic E-state index is 13.1. The summed E-state index contributed by atoms with van der Waals surface area (Å²) < 4.78 is 4.63. The van der Waals surface area contributed by atoms with Crippen LogP contribution in [0.25, 0.3) is 6.08 Å². The van der Waals surface area contributed by atoms with Gasteiger partial charge in [-0.05, 0) is 54.9 Å². The average Bonchev–Trinajstić information content (AvgIpc) is 3.09. The third-order valence-corrected chi connectivity index (χ3v) is 7.16. The van der Waals surface area contributed by atoms with Gasteiger partial charge in [-0.3, -0.25) is 9.59 Å². The van der Waals surface area contributed by atoms with E-state index in [-0.39, 0.29) is 18.1 Å². The van der Waals surface area contributed by atoms with Crippen molar-refractivity contribution in [3.8, 4) is 5.75 Å². The van der Waals surface area contributed by atoms with Crippen LogP contribution in [0.4, 0.5) is 4.79 Å². The van der Waals surface area contributed by atoms with E-state index in [4.69, 9.17) is 0 Å². The van der Waals surface area contributed by atoms with Crippen LogP contribution in [0.1, 0.15) is 52.0 Å². The molecule has 3 rings (SSSR count). The number of carbonyl (C=O) groups excluding carboxylic acids is 3. The normalized spacial score (nSPS) is 23.7. The number of aliphatic hydroxyl groups excluding tert-OH is 2. The van der Waals surface area contributed by atoms with Crippen LogP contribution in [0.5, 0.6) is 5.75 Å². The second kappa shape index (κ2) is 11.2. The fraction of sp³-hybridized carbons (Fsp3) is 0.519. The highest BCUT2D eigenvalue weighted by Gasteiger charge is 2.57. The smallest absolute Gasteiger partial charge is 0.423 e. The van der Waals surface area contributed by atoms with Crippen molar-refractivity contribution in [3.05, 3.63) is 46.5 Å². The molecule has 1 fully saturated rings. The summed E-state index contributed by atoms with van der Waals surface area (Å²) in [4.78, 5) is 38.6. The Morgan fingerprint density at radius 3 is 2.54 bits per heavy atom. The second-order valence-corrected chi connectivity index (χ2v) is 9.55. The number of amides is 3. The number of ether oxygens (including phenoxy) is 1. The van der Waals surface area contributed by atoms with Crippen LogP contribution in [0.15, 0.2) is 41.0 Å². The minimum atomic E-state index is -1.02. The van der Waals surface area contributed by atoms with Crippen molar-refractivity contribution < 1.29 is 34.4 Å². The summed E-state index contributed by atoms with van der Waals surface area (Å²) in [7, 11) is 1.11. The van der Waals surface area contributed by atoms with Crippen molar-refractivity contribution in [1.82, 2.24) is 4.90 Å². The Hall–Kier alpha value is -2.97. The maximum Gasteiger partial charge on any atom is 0.423 e. The number of hydrogen-bond donors (Lipinski definition) is 3. The minimum Gasteiger partial charge on any atom is -0.508 e. The van der Waals surface area contributed by atoms with Crippen molar-refractivity contribution in [2.45, 2.75) is 52.6 Å². The van der Waals surface area contributed by atoms with Gasteiger partial charge >= 0.3 is 6.09 Å². The monoisotopic (exact) mass is 485 g/mol. The molecule has 190 valence electrons. The summed E-state index contributed by atoms with van der Waals surface area (Å²) in [5, 5.41) is 31.3. The van der Waals surface area contributed by atoms with Crippen LogP contribution in [0, 0.1) is 23.7 Å². The molecule has 3 amide bonds. The van der Waals surface area contributed by atoms with Crippen molar-refractivity contribution in [2.75, 3.05) is 13.7 Å². The van der Waals surface area contributed by atoms with E-state index < -0.39 is 48.4 Å². The van der Waals surface area contributed by atoms with Crippen molar-refractivity contribution in [3.63, 3.8) is 0 Å². The molecule has 4 atom stereocenters. The Morgan fingerprint density at radius 1 is 1.26 bits per heavy atom. The van der Waals surface area contributed by atoms with Crippen LogP contribution in [-0.2, 0) is 14.3 Å². The molecule has 0 aromatic heterocycles. The van der Waals surface area contributed by atoms with Gasteiger partial charge in [-0.15, -0.1) is 0 Å². The van der Waals surface area contributed by atoms with E-state index in [1.54, 1.807) is 18.2 Å². The van der Waals surface area contributed by atoms with Crippen molar-refractivity contribution in [2.24, 2.45) is 23.7 Å². The van der Waals surface area contributed by atoms with Gasteiger partial charge in [0.1, 0.15) is 5.75 Å². The molecule has 0 bridgehead atoms. The van der Waals surface area contributed by atoms with E-state index in [2.05, 4.69) is 4.74 Å². The van der Waals surface area contributed by atoms with Crippen LogP contribution >= 0.6 is 0 Å². The number of carbonyl (C=O) groups is 3. The van der Waals surface area contributed by atoms with Gasteiger partial charge in [0.05, 0.1) is 31.7 Å². The summed E-state index contributed by atoms with van der Waals surface area (Å²) in [5.41, 5.74) is 3.40. The topological polar surface area (TPSA) is 124 Å². The molecule has 1 aliphatic heterocycles. The Bertz CT molecular complexity index is 1040. The minimum absolute atomic E-state index is 0.0155. The van der Waals surface area contributed by atoms with Gasteiger partial charge in [-0.2, -0.15) is 4.90 Å². The Morgan fingerprint density at radius 2 is 1.97 bits per heavy atom. The van der Waals surface area contributed by atoms with Crippen LogP contribution in [-0.4, -0.2) is 57.9 Å². The number of hydrogen-bond acceptors (Lipinski definition) is 7. The standard InChI is InChI=1S/C27H35NO7/c1-5-16(11-17-7-6-8-18(30)12-17)9-10-22(31)23-19(15(2)3)13-20-24(21(23)14-29)26(33)28(25(20)32)27(34)35-4/h6-8,11-12,15,20-22,24,29-31H,5,9-10,13-14H2,1-4H3/b16-11+/t20-,21+,22-,24-/m1/s1. The van der Waals surface area contributed by atoms with Gasteiger partial charge < -0.3 is 20.1 Å². The molecule has 0 radical (unpaired) electrons. The number of nitrogens with zero attached hydrogens (tertiary/aromatic N) is 1. The van der Waals surface area contributed by atoms with E-state index in [9.17, 15) is 29.7 Å². The molecule has 35 heavy (non-hydrogen) atoms. The first-order chi connectivity index (χ1) is 16.6. The Labute approximate surface area is 205 Å². The number of benzene rings is 1. The molecule has 2 aliphatic rings. The third-order valence-electron chi connectivity index (χ3n) is 7.16. The number of phenolic OH excluding ortho intramolecular Hbond substituents is 1. The van der Waals surface area contributed by atoms with Crippen LogP contribution in [0.3, 0.4) is 0 Å². The van der Waals surface area contributed by atoms with Gasteiger partial charge in [0.15, 0.2) is 0 Å². The van der Waals surface area contributed by atoms with Gasteiger partial charge in [0.25, 0.3) is 0 Å². The molecule has 1 aromatic rings. The summed E-state index contributed by atoms with van der Waals surface area (Å²) in [6, 6.07) is 6.94. The van der Waals surface area contributed by atoms with Gasteiger partial charge in [0.2, 0.25) is 11.8 Å². The van der Waals surface area contributed by atoms with Crippen LogP contribution in [0.2, 0.25) is 0 Å². The number of allylic oxidation sites excluding steroid dienone is 2. The van der Waals surface area contributed by atoms with Crippen molar-refractivity contribution in [1.29, 1.82) is 0 Å². The maximum atomic E-state index is 13.1. The van der Waals surface area contributed by atoms with Gasteiger partial charge in [-0.25, -0.2) is 4.79 Å². The summed E-state index contributed by atoms with van der Waals surface area (Å²) in [6.45, 7) is 5.51. The van der Waals surface area contributed by atoms with Gasteiger partial charge in [-0.1, -0.05) is 50.1 Å². The zero-order valence-corrected chi connectivity index (χ0v) is 20.7. The lowest BCUT2D eigenvalue weighted by atomic mass is 9.66. The molecular weight excluding hydrogens is 450 g/mol. The molecule has 0 spiro atoms. The molecule has 0 unspecified atom stereocenters. The first kappa shape index (κ1) is 26.6. The van der Waals surface area contributed by atoms with E-state index in [0.717, 1.165) is 30.2 Å². The Balaban J connectivity index is 1.89. The Kier molecular flexibility index (Phi) is 8.51. The van der Waals surface area contributed by atoms with Crippen molar-refractivity contribution >= 4 is 24.0 Å². The van der Waals surface area contributed by atoms with E-state index >= 15 is 0 Å². The molecule has 0 saturated carbocycles. The first-order valence-corrected chi connectivity index (χ1v) is 12.1. The van der Waals surface area contributed by atoms with E-state index in [1.807, 2.05) is 32.9 Å². The zero-order valence-electron chi connectivity index (χ0n) is 20.7. The molecule has 3 N–H and O–H groups in total. The third kappa shape index (κ3) is 5.33. The highest BCUT2D eigenvalue weighted by Crippen LogP contribution is 2.48. The van der Waals surface area contributed by atoms with Crippen LogP contribution < -0.4 is 0 Å². The number of imide groups is 3. The fourth-order valence-corrected chi connectivity index (χ4v) is 5.39. The number of methoxy groups -OCH3 is 1. The highest BCUT2D eigenvalue weighted by atomic mass is 16.5. The quantitative estimate of drug-likeness (QED) is 0.379. The molecule has 1 heterocycles. The number of aromatic hydroxyl groups is 1. The predicted octanol–water partition coefficient (Wildman–Crippen LogP) is 3.66. The lowest BCUT2D eigenvalue weighted by Crippen LogP contribution is -2.40. The van der Waals surface area contributed by atoms with E-state index in [1.165, 1.54) is 0 Å². The number of fused-ring (bicyclic) bond motifs is 1. The molecule has 1 saturated heterocycles. The fourth-order valence-electron chi connectivity index (χ4n) is 5.39. The molecule has 8 nitrogen and oxygen atoms in total. The molecule has 8 heteroatoms. The number of likely N-dealkylation sites (tertiary alicyclic amines) is 1. The highest BCUT2D eigenvalue weighted by molar-refractivity contribution is 6.16. The number of aliphatic hydroxyl groups is 2. The average molecular weight is 486 g/mol. The molecule has 1 aliphatic carbocycles. The largest absolute Gasteiger partial charge is 0.508 e. The second-order valence-electron chi connectivity index (χ2n) is 9.55.